The van der Waals surface area contributed by atoms with E-state index in [1.165, 1.54) is 27.7 Å². The predicted octanol–water partition coefficient (Wildman–Crippen LogP) is 25.4. The number of nitrogens with zero attached hydrogens (tertiary/aromatic N) is 2. The van der Waals surface area contributed by atoms with Gasteiger partial charge in [-0.1, -0.05) is 269 Å². The molecule has 6 nitrogen and oxygen atoms in total. The Bertz CT molecular complexity index is 5580. The third kappa shape index (κ3) is 10.1. The van der Waals surface area contributed by atoms with Gasteiger partial charge in [0.2, 0.25) is 0 Å². The van der Waals surface area contributed by atoms with E-state index in [2.05, 4.69) is 381 Å². The van der Waals surface area contributed by atoms with Crippen molar-refractivity contribution in [2.45, 2.75) is 149 Å². The van der Waals surface area contributed by atoms with Gasteiger partial charge in [-0.15, -0.1) is 0 Å². The van der Waals surface area contributed by atoms with Gasteiger partial charge < -0.3 is 28.7 Å². The summed E-state index contributed by atoms with van der Waals surface area (Å²) in [6, 6.07) is 98.3. The number of hydrogen-bond acceptors (Lipinski definition) is 6. The van der Waals surface area contributed by atoms with Gasteiger partial charge in [0.25, 0.3) is 6.71 Å². The second kappa shape index (κ2) is 23.4. The molecule has 13 aromatic rings. The lowest BCUT2D eigenvalue weighted by atomic mass is 9.33. The lowest BCUT2D eigenvalue weighted by molar-refractivity contribution is 0.399. The molecule has 6 aliphatic rings. The maximum absolute atomic E-state index is 7.37. The molecule has 7 heteroatoms. The molecule has 0 amide bonds. The molecular formula is C101H91BN2O4. The molecule has 0 N–H and O–H groups in total. The molecule has 108 heavy (non-hydrogen) atoms. The highest BCUT2D eigenvalue weighted by atomic mass is 16.5. The summed E-state index contributed by atoms with van der Waals surface area (Å²) < 4.78 is 28.9. The van der Waals surface area contributed by atoms with Crippen molar-refractivity contribution in [2.24, 2.45) is 0 Å². The number of para-hydroxylation sites is 5. The van der Waals surface area contributed by atoms with Crippen molar-refractivity contribution in [3.8, 4) is 79.4 Å². The van der Waals surface area contributed by atoms with E-state index in [1.54, 1.807) is 0 Å². The Morgan fingerprint density at radius 1 is 0.250 bits per heavy atom. The molecular weight excluding hydrogens is 1320 g/mol. The van der Waals surface area contributed by atoms with Gasteiger partial charge in [0.15, 0.2) is 0 Å². The molecule has 0 fully saturated rings. The highest BCUT2D eigenvalue weighted by Gasteiger charge is 2.53. The number of anilines is 6. The van der Waals surface area contributed by atoms with Gasteiger partial charge in [0, 0.05) is 89.2 Å². The second-order valence-corrected chi connectivity index (χ2v) is 36.1. The van der Waals surface area contributed by atoms with Gasteiger partial charge in [-0.3, -0.25) is 0 Å². The monoisotopic (exact) mass is 1410 g/mol. The number of rotatable bonds is 5. The van der Waals surface area contributed by atoms with Crippen LogP contribution in [0.4, 0.5) is 34.1 Å². The molecule has 0 saturated carbocycles. The fraction of sp³-hybridized carbons (Fsp3) is 0.228. The van der Waals surface area contributed by atoms with Crippen molar-refractivity contribution < 1.29 is 18.9 Å². The van der Waals surface area contributed by atoms with Crippen LogP contribution in [0.25, 0.3) is 33.4 Å². The molecule has 0 radical (unpaired) electrons. The summed E-state index contributed by atoms with van der Waals surface area (Å²) in [4.78, 5) is 5.31. The van der Waals surface area contributed by atoms with Crippen LogP contribution >= 0.6 is 0 Å². The van der Waals surface area contributed by atoms with Crippen LogP contribution in [0.15, 0.2) is 261 Å². The minimum Gasteiger partial charge on any atom is -0.457 e. The smallest absolute Gasteiger partial charge is 0.252 e. The Labute approximate surface area is 637 Å². The Morgan fingerprint density at radius 2 is 0.574 bits per heavy atom. The van der Waals surface area contributed by atoms with E-state index in [0.29, 0.717) is 0 Å². The molecule has 0 bridgehead atoms. The fourth-order valence-electron chi connectivity index (χ4n) is 18.5. The molecule has 0 saturated heterocycles. The lowest BCUT2D eigenvalue weighted by Gasteiger charge is -2.47. The molecule has 19 rings (SSSR count). The maximum atomic E-state index is 7.37. The van der Waals surface area contributed by atoms with Crippen LogP contribution in [-0.2, 0) is 37.9 Å². The first kappa shape index (κ1) is 67.3. The fourth-order valence-corrected chi connectivity index (χ4v) is 18.5. The summed E-state index contributed by atoms with van der Waals surface area (Å²) in [6.45, 7) is 36.9. The van der Waals surface area contributed by atoms with Crippen LogP contribution in [0.3, 0.4) is 0 Å². The van der Waals surface area contributed by atoms with Gasteiger partial charge in [-0.05, 0) is 186 Å². The highest BCUT2D eigenvalue weighted by Crippen LogP contribution is 2.63. The maximum Gasteiger partial charge on any atom is 0.252 e. The molecule has 0 unspecified atom stereocenters. The highest BCUT2D eigenvalue weighted by molar-refractivity contribution is 7.00. The topological polar surface area (TPSA) is 43.4 Å². The Morgan fingerprint density at radius 3 is 0.954 bits per heavy atom. The molecule has 532 valence electrons. The quantitative estimate of drug-likeness (QED) is 0.160. The van der Waals surface area contributed by atoms with Crippen molar-refractivity contribution >= 4 is 57.2 Å². The standard InChI is InChI=1S/C101H91BN2O4/c1-95(2,3)64-42-37-60(38-43-64)68-54-66(97(7,8)9)46-48-80(68)103-82-56-75-92(107-86-32-22-17-27-70(86)99(75,13)14)58-78(82)102-79-59-93-76(100(15,16)71-28-18-23-33-87(71)108-93)57-83(79)104(81-49-47-67(98(10,11)12)55-69(81)61-39-44-65(45-40-61)96(4,5)6)85-53-63(52-84(103)94(85)102)62-41-50-91-77(51-62)101(74-31-21-26-36-90(74)106-91)72-29-19-24-34-88(72)105-89-35-25-20-30-73(89)101/h17-59H,1-16H3. The van der Waals surface area contributed by atoms with Gasteiger partial charge in [-0.2, -0.15) is 0 Å². The average molecular weight is 1410 g/mol. The Hall–Kier alpha value is -11.3. The zero-order valence-electron chi connectivity index (χ0n) is 64.9. The first-order valence-corrected chi connectivity index (χ1v) is 38.5. The molecule has 0 aromatic heterocycles. The molecule has 13 aromatic carbocycles. The van der Waals surface area contributed by atoms with Crippen LogP contribution in [-0.4, -0.2) is 6.71 Å². The van der Waals surface area contributed by atoms with Gasteiger partial charge in [0.1, 0.15) is 46.0 Å². The van der Waals surface area contributed by atoms with E-state index in [4.69, 9.17) is 18.9 Å². The Balaban J connectivity index is 0.976. The SMILES string of the molecule is CC(C)(C)c1ccc(-c2cc(C(C)(C)C)ccc2N2c3cc4c(cc3B3c5cc6c(cc5N(c5ccc(C(C)(C)C)cc5-c5ccc(C(C)(C)C)cc5)c5cc(-c7ccc8c(c7)C7(c9ccccc9Oc9ccccc97)c7ccccc7O8)cc2c53)C(C)(C)c2ccccc2O6)Oc2ccccc2C4(C)C)cc1. The molecule has 6 aliphatic heterocycles. The largest absolute Gasteiger partial charge is 0.457 e. The molecule has 0 atom stereocenters. The van der Waals surface area contributed by atoms with Crippen molar-refractivity contribution in [2.75, 3.05) is 9.80 Å². The normalized spacial score (nSPS) is 15.5. The number of hydrogen-bond donors (Lipinski definition) is 0. The summed E-state index contributed by atoms with van der Waals surface area (Å²) >= 11 is 0. The van der Waals surface area contributed by atoms with Crippen LogP contribution in [0.5, 0.6) is 46.0 Å². The second-order valence-electron chi connectivity index (χ2n) is 36.1. The zero-order chi connectivity index (χ0) is 74.7. The summed E-state index contributed by atoms with van der Waals surface area (Å²) in [5.41, 5.74) is 28.2. The summed E-state index contributed by atoms with van der Waals surface area (Å²) in [6.07, 6.45) is 0. The summed E-state index contributed by atoms with van der Waals surface area (Å²) in [5.74, 6) is 6.71. The van der Waals surface area contributed by atoms with Crippen molar-refractivity contribution in [3.63, 3.8) is 0 Å². The van der Waals surface area contributed by atoms with Crippen LogP contribution in [0.2, 0.25) is 0 Å². The van der Waals surface area contributed by atoms with Crippen molar-refractivity contribution in [3.05, 3.63) is 328 Å². The zero-order valence-corrected chi connectivity index (χ0v) is 64.9. The van der Waals surface area contributed by atoms with Crippen molar-refractivity contribution in [1.82, 2.24) is 0 Å². The summed E-state index contributed by atoms with van der Waals surface area (Å²) in [5, 5.41) is 0. The lowest BCUT2D eigenvalue weighted by Crippen LogP contribution is -2.61. The molecule has 6 heterocycles. The van der Waals surface area contributed by atoms with Gasteiger partial charge in [-0.25, -0.2) is 0 Å². The van der Waals surface area contributed by atoms with E-state index in [9.17, 15) is 0 Å². The summed E-state index contributed by atoms with van der Waals surface area (Å²) in [7, 11) is 0. The number of fused-ring (bicyclic) bond motifs is 16. The van der Waals surface area contributed by atoms with Gasteiger partial charge >= 0.3 is 0 Å². The van der Waals surface area contributed by atoms with Crippen LogP contribution in [0, 0.1) is 0 Å². The Kier molecular flexibility index (Phi) is 14.6. The van der Waals surface area contributed by atoms with E-state index in [0.717, 1.165) is 169 Å². The first-order chi connectivity index (χ1) is 51.5. The number of ether oxygens (including phenoxy) is 4. The van der Waals surface area contributed by atoms with E-state index >= 15 is 0 Å². The average Bonchev–Trinajstić information content (AvgIpc) is 0.686. The van der Waals surface area contributed by atoms with Gasteiger partial charge in [0.05, 0.1) is 16.8 Å². The minimum atomic E-state index is -0.840. The van der Waals surface area contributed by atoms with Crippen molar-refractivity contribution in [1.29, 1.82) is 0 Å². The predicted molar refractivity (Wildman–Crippen MR) is 447 cm³/mol. The van der Waals surface area contributed by atoms with E-state index in [-0.39, 0.29) is 28.4 Å². The molecule has 1 spiro atoms. The minimum absolute atomic E-state index is 0.0562. The third-order valence-electron chi connectivity index (χ3n) is 24.5. The molecule has 0 aliphatic carbocycles. The van der Waals surface area contributed by atoms with E-state index < -0.39 is 16.2 Å². The first-order valence-electron chi connectivity index (χ1n) is 38.5. The van der Waals surface area contributed by atoms with Crippen LogP contribution in [0.1, 0.15) is 178 Å². The van der Waals surface area contributed by atoms with E-state index in [1.807, 2.05) is 0 Å². The van der Waals surface area contributed by atoms with Crippen LogP contribution < -0.4 is 45.1 Å². The third-order valence-corrected chi connectivity index (χ3v) is 24.5. The number of benzene rings is 13.